The van der Waals surface area contributed by atoms with Crippen LogP contribution >= 0.6 is 22.7 Å². The molecule has 2 saturated carbocycles. The zero-order valence-corrected chi connectivity index (χ0v) is 22.2. The van der Waals surface area contributed by atoms with E-state index in [0.29, 0.717) is 16.8 Å². The zero-order chi connectivity index (χ0) is 24.5. The van der Waals surface area contributed by atoms with Crippen LogP contribution in [0, 0.1) is 11.8 Å². The molecule has 1 N–H and O–H groups in total. The number of nitrogens with zero attached hydrogens (tertiary/aromatic N) is 2. The van der Waals surface area contributed by atoms with E-state index < -0.39 is 5.97 Å². The number of amides is 1. The zero-order valence-electron chi connectivity index (χ0n) is 20.6. The number of carbonyl (C=O) groups excluding carboxylic acids is 1. The minimum absolute atomic E-state index is 0.0106. The van der Waals surface area contributed by atoms with Crippen LogP contribution in [0.1, 0.15) is 93.6 Å². The minimum Gasteiger partial charge on any atom is -0.477 e. The average Bonchev–Trinajstić information content (AvgIpc) is 3.46. The van der Waals surface area contributed by atoms with Gasteiger partial charge in [0.25, 0.3) is 5.19 Å². The molecule has 2 heterocycles. The maximum Gasteiger partial charge on any atom is 0.348 e. The van der Waals surface area contributed by atoms with Gasteiger partial charge in [0.1, 0.15) is 11.0 Å². The lowest BCUT2D eigenvalue weighted by molar-refractivity contribution is -0.124. The van der Waals surface area contributed by atoms with Crippen LogP contribution in [-0.4, -0.2) is 34.1 Å². The van der Waals surface area contributed by atoms with Gasteiger partial charge in [0.2, 0.25) is 5.91 Å². The van der Waals surface area contributed by atoms with E-state index in [4.69, 9.17) is 4.74 Å². The molecule has 0 aromatic carbocycles. The third kappa shape index (κ3) is 5.65. The summed E-state index contributed by atoms with van der Waals surface area (Å²) in [6.45, 7) is 8.51. The highest BCUT2D eigenvalue weighted by Crippen LogP contribution is 2.42. The van der Waals surface area contributed by atoms with Crippen LogP contribution in [0.2, 0.25) is 0 Å². The first-order valence-corrected chi connectivity index (χ1v) is 14.1. The van der Waals surface area contributed by atoms with Crippen molar-refractivity contribution in [3.05, 3.63) is 27.4 Å². The summed E-state index contributed by atoms with van der Waals surface area (Å²) in [4.78, 5) is 33.6. The van der Waals surface area contributed by atoms with Crippen LogP contribution in [0.15, 0.2) is 17.6 Å². The predicted octanol–water partition coefficient (Wildman–Crippen LogP) is 6.75. The first-order valence-electron chi connectivity index (χ1n) is 12.4. The lowest BCUT2D eigenvalue weighted by Crippen LogP contribution is -2.47. The molecule has 0 aliphatic heterocycles. The van der Waals surface area contributed by atoms with Crippen LogP contribution in [0.3, 0.4) is 0 Å². The van der Waals surface area contributed by atoms with Crippen LogP contribution in [0.5, 0.6) is 5.19 Å². The number of anilines is 1. The molecule has 0 atom stereocenters. The SMILES string of the molecule is CC1CCC(C(=O)N(c2cc(C(C)(C)C)sc2C(=O)O)C2CCC(Oc3nccs3)CC2)CC1. The first-order chi connectivity index (χ1) is 16.1. The van der Waals surface area contributed by atoms with Crippen molar-refractivity contribution in [3.8, 4) is 5.19 Å². The van der Waals surface area contributed by atoms with Gasteiger partial charge in [0.05, 0.1) is 5.69 Å². The Morgan fingerprint density at radius 1 is 1.09 bits per heavy atom. The molecule has 2 fully saturated rings. The van der Waals surface area contributed by atoms with E-state index in [1.54, 1.807) is 6.20 Å². The normalized spacial score (nSPS) is 25.6. The number of hydrogen-bond acceptors (Lipinski definition) is 6. The maximum absolute atomic E-state index is 14.0. The highest BCUT2D eigenvalue weighted by Gasteiger charge is 2.38. The van der Waals surface area contributed by atoms with Gasteiger partial charge in [0, 0.05) is 28.4 Å². The van der Waals surface area contributed by atoms with Gasteiger partial charge in [-0.25, -0.2) is 9.78 Å². The number of hydrogen-bond donors (Lipinski definition) is 1. The third-order valence-electron chi connectivity index (χ3n) is 7.19. The Kier molecular flexibility index (Phi) is 7.67. The van der Waals surface area contributed by atoms with Crippen molar-refractivity contribution in [2.45, 2.75) is 96.6 Å². The van der Waals surface area contributed by atoms with Gasteiger partial charge in [-0.15, -0.1) is 11.3 Å². The molecule has 2 aliphatic carbocycles. The summed E-state index contributed by atoms with van der Waals surface area (Å²) in [7, 11) is 0. The summed E-state index contributed by atoms with van der Waals surface area (Å²) in [5.41, 5.74) is 0.414. The van der Waals surface area contributed by atoms with E-state index >= 15 is 0 Å². The third-order valence-corrected chi connectivity index (χ3v) is 9.39. The first kappa shape index (κ1) is 25.2. The summed E-state index contributed by atoms with van der Waals surface area (Å²) in [6, 6.07) is 1.96. The van der Waals surface area contributed by atoms with Gasteiger partial charge < -0.3 is 14.7 Å². The lowest BCUT2D eigenvalue weighted by atomic mass is 9.81. The fourth-order valence-electron chi connectivity index (χ4n) is 5.11. The van der Waals surface area contributed by atoms with Crippen molar-refractivity contribution in [1.29, 1.82) is 0 Å². The largest absolute Gasteiger partial charge is 0.477 e. The van der Waals surface area contributed by atoms with Crippen LogP contribution in [0.25, 0.3) is 0 Å². The molecule has 0 bridgehead atoms. The fourth-order valence-corrected chi connectivity index (χ4v) is 6.71. The Balaban J connectivity index is 1.61. The molecule has 8 heteroatoms. The molecule has 186 valence electrons. The second kappa shape index (κ2) is 10.4. The molecule has 4 rings (SSSR count). The second-order valence-electron chi connectivity index (χ2n) is 10.9. The number of thiazole rings is 1. The number of thiophene rings is 1. The predicted molar refractivity (Wildman–Crippen MR) is 137 cm³/mol. The van der Waals surface area contributed by atoms with E-state index in [2.05, 4.69) is 32.7 Å². The smallest absolute Gasteiger partial charge is 0.348 e. The number of carboxylic acid groups (broad SMARTS) is 1. The van der Waals surface area contributed by atoms with Crippen molar-refractivity contribution in [2.75, 3.05) is 4.90 Å². The summed E-state index contributed by atoms with van der Waals surface area (Å²) < 4.78 is 6.04. The molecule has 0 radical (unpaired) electrons. The monoisotopic (exact) mass is 504 g/mol. The Hall–Kier alpha value is -1.93. The van der Waals surface area contributed by atoms with Gasteiger partial charge in [-0.3, -0.25) is 4.79 Å². The Morgan fingerprint density at radius 3 is 2.32 bits per heavy atom. The molecule has 2 aliphatic rings. The highest BCUT2D eigenvalue weighted by atomic mass is 32.1. The molecule has 2 aromatic rings. The number of carboxylic acids is 1. The van der Waals surface area contributed by atoms with E-state index in [-0.39, 0.29) is 34.3 Å². The number of aromatic carboxylic acids is 1. The molecule has 0 spiro atoms. The topological polar surface area (TPSA) is 79.7 Å². The molecule has 34 heavy (non-hydrogen) atoms. The fraction of sp³-hybridized carbons (Fsp3) is 0.654. The number of ether oxygens (including phenoxy) is 1. The summed E-state index contributed by atoms with van der Waals surface area (Å²) in [5, 5.41) is 12.6. The van der Waals surface area contributed by atoms with Crippen LogP contribution in [0.4, 0.5) is 5.69 Å². The summed E-state index contributed by atoms with van der Waals surface area (Å²) in [5.74, 6) is -0.220. The van der Waals surface area contributed by atoms with Gasteiger partial charge in [-0.05, 0) is 68.8 Å². The van der Waals surface area contributed by atoms with Gasteiger partial charge in [-0.1, -0.05) is 39.0 Å². The Labute approximate surface area is 210 Å². The van der Waals surface area contributed by atoms with E-state index in [0.717, 1.165) is 56.2 Å². The number of carbonyl (C=O) groups is 2. The standard InChI is InChI=1S/C26H36N2O4S2/c1-16-5-7-17(8-6-16)23(29)28(20-15-21(26(2,3)4)34-22(20)24(30)31)18-9-11-19(12-10-18)32-25-27-13-14-33-25/h13-19H,5-12H2,1-4H3,(H,30,31). The molecule has 6 nitrogen and oxygen atoms in total. The van der Waals surface area contributed by atoms with Crippen molar-refractivity contribution in [2.24, 2.45) is 11.8 Å². The maximum atomic E-state index is 14.0. The van der Waals surface area contributed by atoms with Crippen LogP contribution in [-0.2, 0) is 10.2 Å². The van der Waals surface area contributed by atoms with E-state index in [1.165, 1.54) is 22.7 Å². The number of aromatic nitrogens is 1. The number of rotatable bonds is 6. The highest BCUT2D eigenvalue weighted by molar-refractivity contribution is 7.14. The van der Waals surface area contributed by atoms with Crippen LogP contribution < -0.4 is 9.64 Å². The Morgan fingerprint density at radius 2 is 1.76 bits per heavy atom. The quantitative estimate of drug-likeness (QED) is 0.471. The van der Waals surface area contributed by atoms with Crippen molar-refractivity contribution >= 4 is 40.2 Å². The summed E-state index contributed by atoms with van der Waals surface area (Å²) >= 11 is 2.80. The van der Waals surface area contributed by atoms with Gasteiger partial charge >= 0.3 is 5.97 Å². The Bertz CT molecular complexity index is 979. The van der Waals surface area contributed by atoms with Crippen molar-refractivity contribution in [1.82, 2.24) is 4.98 Å². The minimum atomic E-state index is -0.952. The van der Waals surface area contributed by atoms with E-state index in [1.807, 2.05) is 16.3 Å². The molecular formula is C26H36N2O4S2. The molecular weight excluding hydrogens is 468 g/mol. The average molecular weight is 505 g/mol. The van der Waals surface area contributed by atoms with Gasteiger partial charge in [0.15, 0.2) is 0 Å². The molecule has 0 saturated heterocycles. The summed E-state index contributed by atoms with van der Waals surface area (Å²) in [6.07, 6.45) is 8.96. The molecule has 2 aromatic heterocycles. The van der Waals surface area contributed by atoms with E-state index in [9.17, 15) is 14.7 Å². The molecule has 1 amide bonds. The second-order valence-corrected chi connectivity index (χ2v) is 12.8. The molecule has 0 unspecified atom stereocenters. The van der Waals surface area contributed by atoms with Gasteiger partial charge in [-0.2, -0.15) is 0 Å². The lowest BCUT2D eigenvalue weighted by Gasteiger charge is -2.39. The van der Waals surface area contributed by atoms with Crippen molar-refractivity contribution in [3.63, 3.8) is 0 Å². The van der Waals surface area contributed by atoms with Crippen molar-refractivity contribution < 1.29 is 19.4 Å².